The number of hydrogen-bond acceptors (Lipinski definition) is 1. The molecule has 0 aliphatic carbocycles. The zero-order chi connectivity index (χ0) is 14.1. The summed E-state index contributed by atoms with van der Waals surface area (Å²) in [4.78, 5) is 17.2. The van der Waals surface area contributed by atoms with Crippen molar-refractivity contribution in [3.63, 3.8) is 0 Å². The molecule has 2 aromatic rings. The van der Waals surface area contributed by atoms with Crippen molar-refractivity contribution in [2.24, 2.45) is 0 Å². The number of nitrogens with zero attached hydrogens (tertiary/aromatic N) is 1. The van der Waals surface area contributed by atoms with Crippen molar-refractivity contribution in [3.8, 4) is 0 Å². The fourth-order valence-electron chi connectivity index (χ4n) is 2.95. The molecule has 2 heterocycles. The van der Waals surface area contributed by atoms with Crippen LogP contribution in [0.1, 0.15) is 28.4 Å². The van der Waals surface area contributed by atoms with Crippen LogP contribution < -0.4 is 0 Å². The summed E-state index contributed by atoms with van der Waals surface area (Å²) in [5, 5.41) is 0. The molecule has 0 fully saturated rings. The Morgan fingerprint density at radius 1 is 1.40 bits per heavy atom. The molecule has 0 saturated carbocycles. The van der Waals surface area contributed by atoms with Gasteiger partial charge in [0.2, 0.25) is 5.91 Å². The molecule has 1 aliphatic heterocycles. The van der Waals surface area contributed by atoms with Gasteiger partial charge in [-0.3, -0.25) is 4.79 Å². The average Bonchev–Trinajstić information content (AvgIpc) is 2.86. The van der Waals surface area contributed by atoms with Crippen LogP contribution in [0.5, 0.6) is 0 Å². The largest absolute Gasteiger partial charge is 0.361 e. The Morgan fingerprint density at radius 3 is 2.85 bits per heavy atom. The molecule has 1 aliphatic rings. The van der Waals surface area contributed by atoms with Gasteiger partial charge in [0.25, 0.3) is 0 Å². The van der Waals surface area contributed by atoms with E-state index in [0.717, 1.165) is 11.4 Å². The second-order valence-electron chi connectivity index (χ2n) is 5.27. The third-order valence-electron chi connectivity index (χ3n) is 3.88. The molecule has 3 rings (SSSR count). The number of carbonyl (C=O) groups excluding carboxylic acids is 1. The maximum Gasteiger partial charge on any atom is 0.246 e. The molecule has 0 saturated heterocycles. The van der Waals surface area contributed by atoms with Gasteiger partial charge in [0.15, 0.2) is 0 Å². The molecular weight excluding hydrogens is 248 g/mol. The molecule has 1 atom stereocenters. The minimum atomic E-state index is -0.0103. The van der Waals surface area contributed by atoms with Crippen LogP contribution >= 0.6 is 0 Å². The summed E-state index contributed by atoms with van der Waals surface area (Å²) < 4.78 is 0. The molecule has 1 aromatic carbocycles. The van der Waals surface area contributed by atoms with Crippen molar-refractivity contribution in [1.82, 2.24) is 9.88 Å². The number of aryl methyl sites for hydroxylation is 1. The Balaban J connectivity index is 2.03. The van der Waals surface area contributed by atoms with E-state index in [1.165, 1.54) is 17.2 Å². The first-order chi connectivity index (χ1) is 9.69. The first-order valence-corrected chi connectivity index (χ1v) is 6.83. The number of amides is 1. The maximum atomic E-state index is 12.0. The lowest BCUT2D eigenvalue weighted by atomic mass is 9.88. The number of H-pyrrole nitrogens is 1. The monoisotopic (exact) mass is 266 g/mol. The maximum absolute atomic E-state index is 12.0. The third-order valence-corrected chi connectivity index (χ3v) is 3.88. The number of aromatic amines is 1. The molecular formula is C17H18N2O. The normalized spacial score (nSPS) is 17.6. The van der Waals surface area contributed by atoms with Gasteiger partial charge in [0.05, 0.1) is 6.54 Å². The van der Waals surface area contributed by atoms with Crippen molar-refractivity contribution < 1.29 is 4.79 Å². The Morgan fingerprint density at radius 2 is 2.15 bits per heavy atom. The van der Waals surface area contributed by atoms with Crippen LogP contribution in [0.4, 0.5) is 0 Å². The molecule has 3 nitrogen and oxygen atoms in total. The predicted octanol–water partition coefficient (Wildman–Crippen LogP) is 2.98. The van der Waals surface area contributed by atoms with Gasteiger partial charge in [-0.05, 0) is 30.2 Å². The highest BCUT2D eigenvalue weighted by Gasteiger charge is 2.29. The Labute approximate surface area is 118 Å². The van der Waals surface area contributed by atoms with E-state index < -0.39 is 0 Å². The summed E-state index contributed by atoms with van der Waals surface area (Å²) in [5.74, 6) is 0.220. The van der Waals surface area contributed by atoms with Gasteiger partial charge in [-0.1, -0.05) is 36.9 Å². The highest BCUT2D eigenvalue weighted by molar-refractivity contribution is 5.87. The summed E-state index contributed by atoms with van der Waals surface area (Å²) in [5.41, 5.74) is 4.83. The minimum absolute atomic E-state index is 0.0103. The van der Waals surface area contributed by atoms with Gasteiger partial charge < -0.3 is 9.88 Å². The molecule has 1 aromatic heterocycles. The lowest BCUT2D eigenvalue weighted by Crippen LogP contribution is -2.37. The van der Waals surface area contributed by atoms with E-state index in [1.807, 2.05) is 23.1 Å². The van der Waals surface area contributed by atoms with Crippen LogP contribution in [0.15, 0.2) is 49.1 Å². The van der Waals surface area contributed by atoms with Crippen LogP contribution in [0.25, 0.3) is 0 Å². The SMILES string of the molecule is C=CC(=O)N1Cc2[nH]c(C)cc2[C@H](c2ccccc2)C1. The summed E-state index contributed by atoms with van der Waals surface area (Å²) in [6.45, 7) is 6.99. The molecule has 20 heavy (non-hydrogen) atoms. The lowest BCUT2D eigenvalue weighted by Gasteiger charge is -2.32. The molecule has 0 bridgehead atoms. The summed E-state index contributed by atoms with van der Waals surface area (Å²) in [6, 6.07) is 12.5. The zero-order valence-electron chi connectivity index (χ0n) is 11.6. The quantitative estimate of drug-likeness (QED) is 0.833. The Kier molecular flexibility index (Phi) is 3.18. The van der Waals surface area contributed by atoms with Crippen molar-refractivity contribution in [3.05, 3.63) is 71.6 Å². The van der Waals surface area contributed by atoms with Crippen molar-refractivity contribution in [2.75, 3.05) is 6.54 Å². The second kappa shape index (κ2) is 5.00. The van der Waals surface area contributed by atoms with E-state index in [2.05, 4.69) is 36.7 Å². The topological polar surface area (TPSA) is 36.1 Å². The second-order valence-corrected chi connectivity index (χ2v) is 5.27. The molecule has 0 spiro atoms. The number of aromatic nitrogens is 1. The predicted molar refractivity (Wildman–Crippen MR) is 79.4 cm³/mol. The smallest absolute Gasteiger partial charge is 0.246 e. The van der Waals surface area contributed by atoms with Crippen LogP contribution in [0.3, 0.4) is 0 Å². The number of carbonyl (C=O) groups is 1. The third kappa shape index (κ3) is 2.16. The number of hydrogen-bond donors (Lipinski definition) is 1. The molecule has 1 N–H and O–H groups in total. The van der Waals surface area contributed by atoms with Crippen LogP contribution in [-0.2, 0) is 11.3 Å². The Hall–Kier alpha value is -2.29. The van der Waals surface area contributed by atoms with E-state index in [-0.39, 0.29) is 11.8 Å². The lowest BCUT2D eigenvalue weighted by molar-refractivity contribution is -0.127. The first kappa shape index (κ1) is 12.7. The van der Waals surface area contributed by atoms with Crippen LogP contribution in [0.2, 0.25) is 0 Å². The molecule has 1 amide bonds. The van der Waals surface area contributed by atoms with Gasteiger partial charge in [-0.25, -0.2) is 0 Å². The first-order valence-electron chi connectivity index (χ1n) is 6.83. The van der Waals surface area contributed by atoms with E-state index >= 15 is 0 Å². The van der Waals surface area contributed by atoms with Gasteiger partial charge in [-0.2, -0.15) is 0 Å². The van der Waals surface area contributed by atoms with E-state index in [9.17, 15) is 4.79 Å². The highest BCUT2D eigenvalue weighted by Crippen LogP contribution is 2.33. The van der Waals surface area contributed by atoms with Crippen molar-refractivity contribution in [1.29, 1.82) is 0 Å². The zero-order valence-corrected chi connectivity index (χ0v) is 11.6. The minimum Gasteiger partial charge on any atom is -0.361 e. The fourth-order valence-corrected chi connectivity index (χ4v) is 2.95. The average molecular weight is 266 g/mol. The Bertz CT molecular complexity index is 642. The van der Waals surface area contributed by atoms with Gasteiger partial charge in [0, 0.05) is 23.9 Å². The number of fused-ring (bicyclic) bond motifs is 1. The van der Waals surface area contributed by atoms with E-state index in [1.54, 1.807) is 0 Å². The molecule has 0 unspecified atom stereocenters. The molecule has 102 valence electrons. The van der Waals surface area contributed by atoms with Gasteiger partial charge in [-0.15, -0.1) is 0 Å². The molecule has 3 heteroatoms. The fraction of sp³-hybridized carbons (Fsp3) is 0.235. The summed E-state index contributed by atoms with van der Waals surface area (Å²) in [7, 11) is 0. The van der Waals surface area contributed by atoms with Crippen molar-refractivity contribution in [2.45, 2.75) is 19.4 Å². The van der Waals surface area contributed by atoms with Gasteiger partial charge >= 0.3 is 0 Å². The van der Waals surface area contributed by atoms with Gasteiger partial charge in [0.1, 0.15) is 0 Å². The van der Waals surface area contributed by atoms with Crippen LogP contribution in [0, 0.1) is 6.92 Å². The summed E-state index contributed by atoms with van der Waals surface area (Å²) in [6.07, 6.45) is 1.39. The summed E-state index contributed by atoms with van der Waals surface area (Å²) >= 11 is 0. The highest BCUT2D eigenvalue weighted by atomic mass is 16.2. The molecule has 0 radical (unpaired) electrons. The van der Waals surface area contributed by atoms with Crippen molar-refractivity contribution >= 4 is 5.91 Å². The number of nitrogens with one attached hydrogen (secondary N) is 1. The van der Waals surface area contributed by atoms with Crippen LogP contribution in [-0.4, -0.2) is 22.3 Å². The van der Waals surface area contributed by atoms with E-state index in [0.29, 0.717) is 13.1 Å². The number of rotatable bonds is 2. The van der Waals surface area contributed by atoms with E-state index in [4.69, 9.17) is 0 Å². The standard InChI is InChI=1S/C17H18N2O/c1-3-17(20)19-10-15(13-7-5-4-6-8-13)14-9-12(2)18-16(14)11-19/h3-9,15,18H,1,10-11H2,2H3/t15-/m0/s1. The number of benzene rings is 1.